The molecule has 5 nitrogen and oxygen atoms in total. The average Bonchev–Trinajstić information content (AvgIpc) is 2.89. The van der Waals surface area contributed by atoms with Crippen molar-refractivity contribution < 1.29 is 28.6 Å². The maximum absolute atomic E-state index is 14.1. The summed E-state index contributed by atoms with van der Waals surface area (Å²) in [7, 11) is 0. The molecule has 2 aromatic carbocycles. The predicted molar refractivity (Wildman–Crippen MR) is 102 cm³/mol. The zero-order valence-corrected chi connectivity index (χ0v) is 15.7. The van der Waals surface area contributed by atoms with E-state index in [0.717, 1.165) is 37.5 Å². The highest BCUT2D eigenvalue weighted by atomic mass is 19.1. The van der Waals surface area contributed by atoms with Gasteiger partial charge >= 0.3 is 5.97 Å². The number of hydrogen-bond donors (Lipinski definition) is 2. The number of phenolic OH excluding ortho intramolecular Hbond substituents is 1. The molecule has 1 aliphatic carbocycles. The van der Waals surface area contributed by atoms with Gasteiger partial charge in [-0.3, -0.25) is 14.2 Å². The van der Waals surface area contributed by atoms with E-state index in [-0.39, 0.29) is 17.0 Å². The van der Waals surface area contributed by atoms with Gasteiger partial charge in [-0.05, 0) is 61.6 Å². The van der Waals surface area contributed by atoms with E-state index in [4.69, 9.17) is 0 Å². The molecule has 0 saturated heterocycles. The number of aromatic nitrogens is 1. The summed E-state index contributed by atoms with van der Waals surface area (Å²) in [5.41, 5.74) is 1.14. The first-order chi connectivity index (χ1) is 13.8. The van der Waals surface area contributed by atoms with Gasteiger partial charge < -0.3 is 10.2 Å². The summed E-state index contributed by atoms with van der Waals surface area (Å²) in [5, 5.41) is 20.1. The van der Waals surface area contributed by atoms with Crippen LogP contribution >= 0.6 is 0 Å². The molecule has 0 amide bonds. The molecule has 0 bridgehead atoms. The first kappa shape index (κ1) is 19.1. The molecular formula is C22H19F2NO4. The van der Waals surface area contributed by atoms with Crippen LogP contribution < -0.4 is 0 Å². The second kappa shape index (κ2) is 6.99. The Bertz CT molecular complexity index is 1130. The number of carbonyl (C=O) groups excluding carboxylic acids is 1. The van der Waals surface area contributed by atoms with Crippen LogP contribution in [-0.2, 0) is 4.79 Å². The number of fused-ring (bicyclic) bond motifs is 1. The number of carboxylic acid groups (broad SMARTS) is 1. The van der Waals surface area contributed by atoms with E-state index in [1.807, 2.05) is 0 Å². The Balaban J connectivity index is 1.98. The van der Waals surface area contributed by atoms with Gasteiger partial charge in [0.15, 0.2) is 11.6 Å². The van der Waals surface area contributed by atoms with Crippen LogP contribution in [0, 0.1) is 24.5 Å². The first-order valence-electron chi connectivity index (χ1n) is 9.36. The SMILES string of the molecule is Cc1c(C(C(=O)O)C2CCC2)c2cc(O)c(F)cc2n1C(=O)c1ccc(F)cc1. The molecule has 2 N–H and O–H groups in total. The Morgan fingerprint density at radius 2 is 1.79 bits per heavy atom. The minimum atomic E-state index is -1.02. The minimum absolute atomic E-state index is 0.0848. The van der Waals surface area contributed by atoms with Crippen molar-refractivity contribution in [2.24, 2.45) is 5.92 Å². The number of benzene rings is 2. The Hall–Kier alpha value is -3.22. The van der Waals surface area contributed by atoms with Gasteiger partial charge in [0.1, 0.15) is 5.82 Å². The van der Waals surface area contributed by atoms with Gasteiger partial charge in [0, 0.05) is 22.7 Å². The van der Waals surface area contributed by atoms with Crippen LogP contribution in [0.25, 0.3) is 10.9 Å². The van der Waals surface area contributed by atoms with E-state index in [2.05, 4.69) is 0 Å². The quantitative estimate of drug-likeness (QED) is 0.673. The van der Waals surface area contributed by atoms with Crippen molar-refractivity contribution in [2.75, 3.05) is 0 Å². The summed E-state index contributed by atoms with van der Waals surface area (Å²) >= 11 is 0. The van der Waals surface area contributed by atoms with Gasteiger partial charge in [-0.25, -0.2) is 8.78 Å². The third kappa shape index (κ3) is 3.06. The largest absolute Gasteiger partial charge is 0.505 e. The highest BCUT2D eigenvalue weighted by Crippen LogP contribution is 2.45. The van der Waals surface area contributed by atoms with Crippen molar-refractivity contribution in [3.63, 3.8) is 0 Å². The second-order valence-electron chi connectivity index (χ2n) is 7.47. The zero-order chi connectivity index (χ0) is 20.9. The van der Waals surface area contributed by atoms with Crippen LogP contribution in [0.15, 0.2) is 36.4 Å². The highest BCUT2D eigenvalue weighted by Gasteiger charge is 2.38. The van der Waals surface area contributed by atoms with Crippen molar-refractivity contribution in [3.05, 3.63) is 64.9 Å². The first-order valence-corrected chi connectivity index (χ1v) is 9.36. The zero-order valence-electron chi connectivity index (χ0n) is 15.7. The van der Waals surface area contributed by atoms with Crippen molar-refractivity contribution in [1.29, 1.82) is 0 Å². The number of phenols is 1. The van der Waals surface area contributed by atoms with E-state index >= 15 is 0 Å². The Kier molecular flexibility index (Phi) is 4.61. The van der Waals surface area contributed by atoms with Crippen molar-refractivity contribution in [3.8, 4) is 5.75 Å². The van der Waals surface area contributed by atoms with E-state index in [9.17, 15) is 28.6 Å². The number of rotatable bonds is 4. The molecule has 7 heteroatoms. The number of halogens is 2. The molecule has 1 fully saturated rings. The third-order valence-corrected chi connectivity index (χ3v) is 5.81. The molecule has 150 valence electrons. The standard InChI is InChI=1S/C22H19F2NO4/c1-11-19(20(22(28)29)12-3-2-4-12)15-9-18(26)16(24)10-17(15)25(11)21(27)13-5-7-14(23)8-6-13/h5-10,12,20,26H,2-4H2,1H3,(H,28,29). The van der Waals surface area contributed by atoms with Gasteiger partial charge in [-0.2, -0.15) is 0 Å². The summed E-state index contributed by atoms with van der Waals surface area (Å²) in [4.78, 5) is 25.3. The van der Waals surface area contributed by atoms with E-state index in [1.165, 1.54) is 22.8 Å². The Morgan fingerprint density at radius 1 is 1.14 bits per heavy atom. The smallest absolute Gasteiger partial charge is 0.311 e. The van der Waals surface area contributed by atoms with Crippen molar-refractivity contribution in [1.82, 2.24) is 4.57 Å². The molecule has 1 saturated carbocycles. The summed E-state index contributed by atoms with van der Waals surface area (Å²) in [5.74, 6) is -4.51. The van der Waals surface area contributed by atoms with Crippen LogP contribution in [0.4, 0.5) is 8.78 Å². The molecule has 3 aromatic rings. The lowest BCUT2D eigenvalue weighted by atomic mass is 9.72. The molecule has 0 radical (unpaired) electrons. The van der Waals surface area contributed by atoms with E-state index in [0.29, 0.717) is 16.6 Å². The van der Waals surface area contributed by atoms with Crippen LogP contribution in [0.2, 0.25) is 0 Å². The van der Waals surface area contributed by atoms with Gasteiger partial charge in [0.25, 0.3) is 5.91 Å². The predicted octanol–water partition coefficient (Wildman–Crippen LogP) is 4.59. The molecule has 1 aliphatic rings. The molecule has 1 atom stereocenters. The van der Waals surface area contributed by atoms with Crippen LogP contribution in [0.1, 0.15) is 46.8 Å². The molecule has 1 unspecified atom stereocenters. The maximum atomic E-state index is 14.1. The van der Waals surface area contributed by atoms with Gasteiger partial charge in [0.05, 0.1) is 11.4 Å². The molecule has 4 rings (SSSR count). The summed E-state index contributed by atoms with van der Waals surface area (Å²) in [6.07, 6.45) is 2.44. The lowest BCUT2D eigenvalue weighted by Crippen LogP contribution is -2.27. The number of carboxylic acids is 1. The number of nitrogens with zero attached hydrogens (tertiary/aromatic N) is 1. The van der Waals surface area contributed by atoms with Gasteiger partial charge in [-0.1, -0.05) is 6.42 Å². The van der Waals surface area contributed by atoms with Crippen LogP contribution in [0.5, 0.6) is 5.75 Å². The number of aromatic hydroxyl groups is 1. The maximum Gasteiger partial charge on any atom is 0.311 e. The monoisotopic (exact) mass is 399 g/mol. The third-order valence-electron chi connectivity index (χ3n) is 5.81. The van der Waals surface area contributed by atoms with Crippen LogP contribution in [-0.4, -0.2) is 26.7 Å². The fraction of sp³-hybridized carbons (Fsp3) is 0.273. The fourth-order valence-electron chi connectivity index (χ4n) is 4.16. The molecule has 0 spiro atoms. The van der Waals surface area contributed by atoms with Crippen molar-refractivity contribution >= 4 is 22.8 Å². The molecule has 1 heterocycles. The molecule has 29 heavy (non-hydrogen) atoms. The summed E-state index contributed by atoms with van der Waals surface area (Å²) in [6, 6.07) is 7.14. The number of hydrogen-bond acceptors (Lipinski definition) is 3. The Labute approximate surface area is 165 Å². The van der Waals surface area contributed by atoms with Gasteiger partial charge in [0.2, 0.25) is 0 Å². The minimum Gasteiger partial charge on any atom is -0.505 e. The van der Waals surface area contributed by atoms with E-state index in [1.54, 1.807) is 6.92 Å². The lowest BCUT2D eigenvalue weighted by Gasteiger charge is -2.31. The lowest BCUT2D eigenvalue weighted by molar-refractivity contribution is -0.141. The summed E-state index contributed by atoms with van der Waals surface area (Å²) in [6.45, 7) is 1.61. The normalized spacial score (nSPS) is 15.3. The number of aliphatic carboxylic acids is 1. The average molecular weight is 399 g/mol. The van der Waals surface area contributed by atoms with Crippen LogP contribution in [0.3, 0.4) is 0 Å². The van der Waals surface area contributed by atoms with Crippen molar-refractivity contribution in [2.45, 2.75) is 32.1 Å². The summed E-state index contributed by atoms with van der Waals surface area (Å²) < 4.78 is 28.6. The second-order valence-corrected chi connectivity index (χ2v) is 7.47. The number of carbonyl (C=O) groups is 2. The van der Waals surface area contributed by atoms with Gasteiger partial charge in [-0.15, -0.1) is 0 Å². The Morgan fingerprint density at radius 3 is 2.34 bits per heavy atom. The fourth-order valence-corrected chi connectivity index (χ4v) is 4.16. The molecular weight excluding hydrogens is 380 g/mol. The molecule has 1 aromatic heterocycles. The topological polar surface area (TPSA) is 79.5 Å². The van der Waals surface area contributed by atoms with E-state index < -0.39 is 35.2 Å². The molecule has 0 aliphatic heterocycles. The highest BCUT2D eigenvalue weighted by molar-refractivity contribution is 6.05.